The van der Waals surface area contributed by atoms with E-state index in [2.05, 4.69) is 4.74 Å². The van der Waals surface area contributed by atoms with E-state index in [1.165, 1.54) is 7.11 Å². The molecule has 0 bridgehead atoms. The van der Waals surface area contributed by atoms with Crippen LogP contribution >= 0.6 is 0 Å². The van der Waals surface area contributed by atoms with E-state index in [0.29, 0.717) is 12.3 Å². The van der Waals surface area contributed by atoms with Crippen LogP contribution in [0.5, 0.6) is 0 Å². The molecule has 0 heterocycles. The van der Waals surface area contributed by atoms with Crippen molar-refractivity contribution in [2.24, 2.45) is 11.7 Å². The second-order valence-corrected chi connectivity index (χ2v) is 4.04. The highest BCUT2D eigenvalue weighted by Gasteiger charge is 2.24. The van der Waals surface area contributed by atoms with Crippen molar-refractivity contribution in [1.82, 2.24) is 0 Å². The fraction of sp³-hybridized carbons (Fsp3) is 0.900. The molecule has 0 aliphatic heterocycles. The van der Waals surface area contributed by atoms with Crippen LogP contribution < -0.4 is 5.73 Å². The Morgan fingerprint density at radius 2 is 2.07 bits per heavy atom. The first-order chi connectivity index (χ1) is 6.63. The second-order valence-electron chi connectivity index (χ2n) is 4.04. The average Bonchev–Trinajstić information content (AvgIpc) is 2.20. The summed E-state index contributed by atoms with van der Waals surface area (Å²) in [7, 11) is 1.35. The van der Waals surface area contributed by atoms with E-state index in [4.69, 9.17) is 5.73 Å². The van der Waals surface area contributed by atoms with Gasteiger partial charge in [0.15, 0.2) is 0 Å². The van der Waals surface area contributed by atoms with Crippen LogP contribution in [0.1, 0.15) is 32.1 Å². The van der Waals surface area contributed by atoms with Crippen molar-refractivity contribution in [3.8, 4) is 0 Å². The number of esters is 1. The zero-order chi connectivity index (χ0) is 10.6. The first-order valence-electron chi connectivity index (χ1n) is 5.15. The summed E-state index contributed by atoms with van der Waals surface area (Å²) in [5.74, 6) is 0.128. The first-order valence-corrected chi connectivity index (χ1v) is 5.15. The molecule has 1 atom stereocenters. The fourth-order valence-corrected chi connectivity index (χ4v) is 1.99. The lowest BCUT2D eigenvalue weighted by Crippen LogP contribution is -2.34. The number of hydrogen-bond acceptors (Lipinski definition) is 4. The quantitative estimate of drug-likeness (QED) is 0.649. The van der Waals surface area contributed by atoms with Gasteiger partial charge in [-0.05, 0) is 38.0 Å². The highest BCUT2D eigenvalue weighted by atomic mass is 16.5. The molecule has 0 spiro atoms. The Balaban J connectivity index is 2.27. The minimum atomic E-state index is -0.500. The van der Waals surface area contributed by atoms with Crippen molar-refractivity contribution in [2.45, 2.75) is 44.2 Å². The van der Waals surface area contributed by atoms with Crippen LogP contribution in [-0.2, 0) is 9.53 Å². The van der Waals surface area contributed by atoms with Gasteiger partial charge >= 0.3 is 5.97 Å². The number of nitrogens with two attached hydrogens (primary N) is 1. The molecule has 1 aliphatic carbocycles. The van der Waals surface area contributed by atoms with Crippen LogP contribution in [0.25, 0.3) is 0 Å². The topological polar surface area (TPSA) is 72.5 Å². The summed E-state index contributed by atoms with van der Waals surface area (Å²) in [4.78, 5) is 11.1. The molecule has 14 heavy (non-hydrogen) atoms. The molecule has 0 aromatic carbocycles. The molecule has 1 aliphatic rings. The number of methoxy groups -OCH3 is 1. The minimum absolute atomic E-state index is 0.152. The lowest BCUT2D eigenvalue weighted by Gasteiger charge is -2.26. The van der Waals surface area contributed by atoms with Gasteiger partial charge in [0.1, 0.15) is 6.04 Å². The zero-order valence-electron chi connectivity index (χ0n) is 8.61. The molecule has 3 N–H and O–H groups in total. The normalized spacial score (nSPS) is 29.6. The molecule has 0 radical (unpaired) electrons. The third kappa shape index (κ3) is 3.27. The van der Waals surface area contributed by atoms with Crippen molar-refractivity contribution in [2.75, 3.05) is 7.11 Å². The van der Waals surface area contributed by atoms with Gasteiger partial charge < -0.3 is 15.6 Å². The molecular formula is C10H19NO3. The zero-order valence-corrected chi connectivity index (χ0v) is 8.61. The molecule has 1 fully saturated rings. The average molecular weight is 201 g/mol. The van der Waals surface area contributed by atoms with E-state index in [-0.39, 0.29) is 12.1 Å². The van der Waals surface area contributed by atoms with Crippen molar-refractivity contribution in [1.29, 1.82) is 0 Å². The summed E-state index contributed by atoms with van der Waals surface area (Å²) >= 11 is 0. The molecule has 1 unspecified atom stereocenters. The van der Waals surface area contributed by atoms with Gasteiger partial charge in [0.2, 0.25) is 0 Å². The van der Waals surface area contributed by atoms with E-state index in [1.54, 1.807) is 0 Å². The Hall–Kier alpha value is -0.610. The van der Waals surface area contributed by atoms with Gasteiger partial charge in [-0.15, -0.1) is 0 Å². The summed E-state index contributed by atoms with van der Waals surface area (Å²) < 4.78 is 4.56. The molecule has 4 heteroatoms. The molecule has 0 aromatic heterocycles. The summed E-state index contributed by atoms with van der Waals surface area (Å²) in [5, 5.41) is 9.29. The summed E-state index contributed by atoms with van der Waals surface area (Å²) in [6, 6.07) is -0.500. The predicted molar refractivity (Wildman–Crippen MR) is 52.6 cm³/mol. The molecule has 0 saturated heterocycles. The van der Waals surface area contributed by atoms with Crippen molar-refractivity contribution in [3.05, 3.63) is 0 Å². The van der Waals surface area contributed by atoms with Crippen molar-refractivity contribution in [3.63, 3.8) is 0 Å². The van der Waals surface area contributed by atoms with E-state index >= 15 is 0 Å². The standard InChI is InChI=1S/C10H19NO3/c1-14-10(13)9(11)6-7-2-4-8(12)5-3-7/h7-9,12H,2-6,11H2,1H3. The number of carbonyl (C=O) groups excluding carboxylic acids is 1. The first kappa shape index (κ1) is 11.5. The number of aliphatic hydroxyl groups excluding tert-OH is 1. The number of ether oxygens (including phenoxy) is 1. The Kier molecular flexibility index (Phi) is 4.35. The maximum absolute atomic E-state index is 11.1. The van der Waals surface area contributed by atoms with E-state index in [9.17, 15) is 9.90 Å². The maximum atomic E-state index is 11.1. The lowest BCUT2D eigenvalue weighted by molar-refractivity contribution is -0.142. The van der Waals surface area contributed by atoms with E-state index in [0.717, 1.165) is 25.7 Å². The van der Waals surface area contributed by atoms with E-state index in [1.807, 2.05) is 0 Å². The van der Waals surface area contributed by atoms with Crippen molar-refractivity contribution < 1.29 is 14.6 Å². The molecule has 1 rings (SSSR count). The Bertz CT molecular complexity index is 188. The van der Waals surface area contributed by atoms with Crippen molar-refractivity contribution >= 4 is 5.97 Å². The molecule has 0 amide bonds. The second kappa shape index (κ2) is 5.32. The Morgan fingerprint density at radius 3 is 2.57 bits per heavy atom. The van der Waals surface area contributed by atoms with Gasteiger partial charge in [-0.1, -0.05) is 0 Å². The maximum Gasteiger partial charge on any atom is 0.322 e. The number of aliphatic hydroxyl groups is 1. The predicted octanol–water partition coefficient (Wildman–Crippen LogP) is 0.428. The Morgan fingerprint density at radius 1 is 1.50 bits per heavy atom. The fourth-order valence-electron chi connectivity index (χ4n) is 1.99. The van der Waals surface area contributed by atoms with Crippen LogP contribution in [0.2, 0.25) is 0 Å². The molecule has 0 aromatic rings. The number of hydrogen-bond donors (Lipinski definition) is 2. The van der Waals surface area contributed by atoms with Gasteiger partial charge in [-0.2, -0.15) is 0 Å². The molecule has 4 nitrogen and oxygen atoms in total. The lowest BCUT2D eigenvalue weighted by atomic mass is 9.83. The minimum Gasteiger partial charge on any atom is -0.468 e. The third-order valence-electron chi connectivity index (χ3n) is 2.91. The smallest absolute Gasteiger partial charge is 0.322 e. The Labute approximate surface area is 84.4 Å². The van der Waals surface area contributed by atoms with Crippen LogP contribution in [0.4, 0.5) is 0 Å². The molecule has 1 saturated carbocycles. The number of carbonyl (C=O) groups is 1. The van der Waals surface area contributed by atoms with Gasteiger partial charge in [0, 0.05) is 0 Å². The number of rotatable bonds is 3. The highest BCUT2D eigenvalue weighted by molar-refractivity contribution is 5.75. The molecular weight excluding hydrogens is 182 g/mol. The van der Waals surface area contributed by atoms with Crippen LogP contribution in [-0.4, -0.2) is 30.3 Å². The van der Waals surface area contributed by atoms with Crippen LogP contribution in [0.15, 0.2) is 0 Å². The largest absolute Gasteiger partial charge is 0.468 e. The summed E-state index contributed by atoms with van der Waals surface area (Å²) in [5.41, 5.74) is 5.66. The monoisotopic (exact) mass is 201 g/mol. The third-order valence-corrected chi connectivity index (χ3v) is 2.91. The molecule has 82 valence electrons. The van der Waals surface area contributed by atoms with E-state index < -0.39 is 6.04 Å². The van der Waals surface area contributed by atoms with Crippen LogP contribution in [0, 0.1) is 5.92 Å². The van der Waals surface area contributed by atoms with Gasteiger partial charge in [-0.25, -0.2) is 0 Å². The summed E-state index contributed by atoms with van der Waals surface area (Å²) in [6.07, 6.45) is 4.12. The highest BCUT2D eigenvalue weighted by Crippen LogP contribution is 2.27. The van der Waals surface area contributed by atoms with Gasteiger partial charge in [0.05, 0.1) is 13.2 Å². The SMILES string of the molecule is COC(=O)C(N)CC1CCC(O)CC1. The van der Waals surface area contributed by atoms with Crippen LogP contribution in [0.3, 0.4) is 0 Å². The summed E-state index contributed by atoms with van der Waals surface area (Å²) in [6.45, 7) is 0. The van der Waals surface area contributed by atoms with Gasteiger partial charge in [0.25, 0.3) is 0 Å². The van der Waals surface area contributed by atoms with Gasteiger partial charge in [-0.3, -0.25) is 4.79 Å².